The highest BCUT2D eigenvalue weighted by Gasteiger charge is 2.14. The molecule has 2 heterocycles. The molecular formula is C19H15ClN6OS2. The Labute approximate surface area is 180 Å². The molecule has 2 aromatic heterocycles. The third kappa shape index (κ3) is 4.12. The Bertz CT molecular complexity index is 1220. The van der Waals surface area contributed by atoms with Crippen LogP contribution in [-0.4, -0.2) is 30.8 Å². The largest absolute Gasteiger partial charge is 0.332 e. The molecule has 2 aromatic carbocycles. The van der Waals surface area contributed by atoms with Crippen molar-refractivity contribution in [3.8, 4) is 10.6 Å². The van der Waals surface area contributed by atoms with Gasteiger partial charge in [0, 0.05) is 17.7 Å². The van der Waals surface area contributed by atoms with Gasteiger partial charge in [-0.15, -0.1) is 10.2 Å². The smallest absolute Gasteiger partial charge is 0.258 e. The lowest BCUT2D eigenvalue weighted by atomic mass is 10.2. The van der Waals surface area contributed by atoms with Gasteiger partial charge in [-0.25, -0.2) is 0 Å². The molecule has 0 radical (unpaired) electrons. The summed E-state index contributed by atoms with van der Waals surface area (Å²) in [6, 6.07) is 14.4. The van der Waals surface area contributed by atoms with E-state index in [9.17, 15) is 4.79 Å². The zero-order valence-corrected chi connectivity index (χ0v) is 17.6. The molecule has 0 spiro atoms. The van der Waals surface area contributed by atoms with E-state index >= 15 is 0 Å². The first-order valence-electron chi connectivity index (χ1n) is 8.73. The van der Waals surface area contributed by atoms with E-state index in [4.69, 9.17) is 23.8 Å². The van der Waals surface area contributed by atoms with Gasteiger partial charge in [-0.1, -0.05) is 54.1 Å². The number of amides is 1. The highest BCUT2D eigenvalue weighted by Crippen LogP contribution is 2.27. The number of hydrogen-bond donors (Lipinski definition) is 2. The van der Waals surface area contributed by atoms with E-state index in [0.717, 1.165) is 33.5 Å². The summed E-state index contributed by atoms with van der Waals surface area (Å²) in [6.07, 6.45) is 0.755. The molecule has 0 atom stereocenters. The predicted molar refractivity (Wildman–Crippen MR) is 119 cm³/mol. The molecule has 0 unspecified atom stereocenters. The van der Waals surface area contributed by atoms with Crippen LogP contribution in [0, 0.1) is 0 Å². The van der Waals surface area contributed by atoms with Crippen LogP contribution >= 0.6 is 35.2 Å². The number of aromatic nitrogens is 4. The van der Waals surface area contributed by atoms with Crippen LogP contribution in [0.1, 0.15) is 23.1 Å². The Hall–Kier alpha value is -2.88. The van der Waals surface area contributed by atoms with Gasteiger partial charge in [0.25, 0.3) is 5.91 Å². The van der Waals surface area contributed by atoms with Crippen molar-refractivity contribution >= 4 is 56.8 Å². The number of carbonyl (C=O) groups is 1. The topological polar surface area (TPSA) is 84.2 Å². The minimum atomic E-state index is -0.370. The summed E-state index contributed by atoms with van der Waals surface area (Å²) in [5.74, 6) is 0.449. The lowest BCUT2D eigenvalue weighted by Gasteiger charge is -2.11. The number of nitrogens with one attached hydrogen (secondary N) is 2. The van der Waals surface area contributed by atoms with Crippen LogP contribution in [0.2, 0.25) is 5.02 Å². The van der Waals surface area contributed by atoms with Crippen LogP contribution in [-0.2, 0) is 6.42 Å². The standard InChI is InChI=1S/C19H15ClN6OS2/c1-2-15-23-24-19-26(15)25-17(29-19)11-6-5-7-12(10-11)21-18(28)22-16(27)13-8-3-4-9-14(13)20/h3-10H,2H2,1H3,(H2,21,22,27,28). The van der Waals surface area contributed by atoms with Crippen LogP contribution in [0.5, 0.6) is 0 Å². The molecule has 4 rings (SSSR count). The Kier molecular flexibility index (Phi) is 5.52. The van der Waals surface area contributed by atoms with Crippen molar-refractivity contribution in [1.82, 2.24) is 25.1 Å². The fourth-order valence-electron chi connectivity index (χ4n) is 2.70. The molecule has 146 valence electrons. The average molecular weight is 443 g/mol. The summed E-state index contributed by atoms with van der Waals surface area (Å²) in [4.78, 5) is 13.1. The van der Waals surface area contributed by atoms with E-state index in [1.807, 2.05) is 31.2 Å². The molecule has 7 nitrogen and oxygen atoms in total. The van der Waals surface area contributed by atoms with Gasteiger partial charge < -0.3 is 5.32 Å². The zero-order chi connectivity index (χ0) is 20.4. The predicted octanol–water partition coefficient (Wildman–Crippen LogP) is 4.20. The number of fused-ring (bicyclic) bond motifs is 1. The average Bonchev–Trinajstić information content (AvgIpc) is 3.29. The molecular weight excluding hydrogens is 428 g/mol. The van der Waals surface area contributed by atoms with Gasteiger partial charge in [-0.05, 0) is 36.5 Å². The number of rotatable bonds is 4. The number of nitrogens with zero attached hydrogens (tertiary/aromatic N) is 4. The number of aryl methyl sites for hydroxylation is 1. The van der Waals surface area contributed by atoms with Gasteiger partial charge in [0.2, 0.25) is 4.96 Å². The molecule has 4 aromatic rings. The fourth-order valence-corrected chi connectivity index (χ4v) is 3.99. The first kappa shape index (κ1) is 19.4. The number of halogens is 1. The number of anilines is 1. The molecule has 0 aliphatic heterocycles. The summed E-state index contributed by atoms with van der Waals surface area (Å²) in [5, 5.41) is 19.9. The molecule has 0 saturated carbocycles. The number of benzene rings is 2. The molecule has 0 aliphatic rings. The van der Waals surface area contributed by atoms with Gasteiger partial charge in [0.15, 0.2) is 10.9 Å². The van der Waals surface area contributed by atoms with Crippen LogP contribution in [0.3, 0.4) is 0 Å². The van der Waals surface area contributed by atoms with Crippen LogP contribution in [0.25, 0.3) is 15.5 Å². The van der Waals surface area contributed by atoms with Crippen molar-refractivity contribution in [2.24, 2.45) is 0 Å². The third-order valence-corrected chi connectivity index (χ3v) is 5.57. The van der Waals surface area contributed by atoms with Crippen molar-refractivity contribution in [2.45, 2.75) is 13.3 Å². The second-order valence-electron chi connectivity index (χ2n) is 6.04. The SMILES string of the molecule is CCc1nnc2sc(-c3cccc(NC(=S)NC(=O)c4ccccc4Cl)c3)nn12. The first-order chi connectivity index (χ1) is 14.0. The molecule has 29 heavy (non-hydrogen) atoms. The highest BCUT2D eigenvalue weighted by molar-refractivity contribution is 7.80. The second kappa shape index (κ2) is 8.24. The number of hydrogen-bond acceptors (Lipinski definition) is 6. The van der Waals surface area contributed by atoms with E-state index in [2.05, 4.69) is 25.9 Å². The van der Waals surface area contributed by atoms with Crippen molar-refractivity contribution in [1.29, 1.82) is 0 Å². The lowest BCUT2D eigenvalue weighted by molar-refractivity contribution is 0.0978. The van der Waals surface area contributed by atoms with Gasteiger partial charge >= 0.3 is 0 Å². The maximum atomic E-state index is 12.3. The molecule has 0 fully saturated rings. The summed E-state index contributed by atoms with van der Waals surface area (Å²) in [7, 11) is 0. The maximum absolute atomic E-state index is 12.3. The molecule has 10 heteroatoms. The lowest BCUT2D eigenvalue weighted by Crippen LogP contribution is -2.34. The first-order valence-corrected chi connectivity index (χ1v) is 10.3. The van der Waals surface area contributed by atoms with Crippen molar-refractivity contribution < 1.29 is 4.79 Å². The molecule has 0 aliphatic carbocycles. The normalized spacial score (nSPS) is 10.8. The van der Waals surface area contributed by atoms with Crippen LogP contribution in [0.4, 0.5) is 5.69 Å². The molecule has 2 N–H and O–H groups in total. The van der Waals surface area contributed by atoms with Crippen LogP contribution in [0.15, 0.2) is 48.5 Å². The molecule has 0 saturated heterocycles. The summed E-state index contributed by atoms with van der Waals surface area (Å²) in [6.45, 7) is 2.01. The Morgan fingerprint density at radius 2 is 2.03 bits per heavy atom. The van der Waals surface area contributed by atoms with Crippen LogP contribution < -0.4 is 10.6 Å². The Morgan fingerprint density at radius 3 is 2.83 bits per heavy atom. The van der Waals surface area contributed by atoms with E-state index in [-0.39, 0.29) is 11.0 Å². The summed E-state index contributed by atoms with van der Waals surface area (Å²) in [5.41, 5.74) is 2.00. The van der Waals surface area contributed by atoms with E-state index in [0.29, 0.717) is 10.6 Å². The Balaban J connectivity index is 1.49. The second-order valence-corrected chi connectivity index (χ2v) is 7.81. The quantitative estimate of drug-likeness (QED) is 0.461. The minimum absolute atomic E-state index is 0.179. The van der Waals surface area contributed by atoms with Gasteiger partial charge in [-0.3, -0.25) is 10.1 Å². The van der Waals surface area contributed by atoms with E-state index < -0.39 is 0 Å². The fraction of sp³-hybridized carbons (Fsp3) is 0.105. The van der Waals surface area contributed by atoms with Gasteiger partial charge in [-0.2, -0.15) is 9.61 Å². The highest BCUT2D eigenvalue weighted by atomic mass is 35.5. The number of carbonyl (C=O) groups excluding carboxylic acids is 1. The van der Waals surface area contributed by atoms with E-state index in [1.165, 1.54) is 11.3 Å². The minimum Gasteiger partial charge on any atom is -0.332 e. The third-order valence-electron chi connectivity index (χ3n) is 4.08. The van der Waals surface area contributed by atoms with Crippen molar-refractivity contribution in [3.63, 3.8) is 0 Å². The molecule has 1 amide bonds. The number of thiocarbonyl (C=S) groups is 1. The summed E-state index contributed by atoms with van der Waals surface area (Å²) >= 11 is 12.8. The monoisotopic (exact) mass is 442 g/mol. The van der Waals surface area contributed by atoms with E-state index in [1.54, 1.807) is 28.8 Å². The zero-order valence-electron chi connectivity index (χ0n) is 15.2. The molecule has 0 bridgehead atoms. The Morgan fingerprint density at radius 1 is 1.21 bits per heavy atom. The van der Waals surface area contributed by atoms with Gasteiger partial charge in [0.1, 0.15) is 5.01 Å². The van der Waals surface area contributed by atoms with Gasteiger partial charge in [0.05, 0.1) is 10.6 Å². The van der Waals surface area contributed by atoms with Crippen molar-refractivity contribution in [2.75, 3.05) is 5.32 Å². The summed E-state index contributed by atoms with van der Waals surface area (Å²) < 4.78 is 1.76. The van der Waals surface area contributed by atoms with Crippen molar-refractivity contribution in [3.05, 3.63) is 64.9 Å². The maximum Gasteiger partial charge on any atom is 0.258 e.